The summed E-state index contributed by atoms with van der Waals surface area (Å²) in [5, 5.41) is 0. The lowest BCUT2D eigenvalue weighted by atomic mass is 9.95. The minimum atomic E-state index is -0.122. The van der Waals surface area contributed by atoms with Gasteiger partial charge in [-0.15, -0.1) is 11.6 Å². The van der Waals surface area contributed by atoms with E-state index in [2.05, 4.69) is 0 Å². The summed E-state index contributed by atoms with van der Waals surface area (Å²) in [5.41, 5.74) is 2.48. The van der Waals surface area contributed by atoms with Crippen LogP contribution in [0.15, 0.2) is 18.2 Å². The van der Waals surface area contributed by atoms with Crippen molar-refractivity contribution in [2.45, 2.75) is 26.2 Å². The minimum absolute atomic E-state index is 0.0268. The van der Waals surface area contributed by atoms with Crippen LogP contribution in [0, 0.1) is 0 Å². The molecule has 0 fully saturated rings. The summed E-state index contributed by atoms with van der Waals surface area (Å²) in [6.45, 7) is 4.60. The fraction of sp³-hybridized carbons (Fsp3) is 0.429. The second-order valence-corrected chi connectivity index (χ2v) is 4.64. The fourth-order valence-corrected chi connectivity index (χ4v) is 2.64. The topological polar surface area (TPSA) is 37.4 Å². The predicted molar refractivity (Wildman–Crippen MR) is 72.6 cm³/mol. The van der Waals surface area contributed by atoms with Crippen molar-refractivity contribution in [3.05, 3.63) is 29.3 Å². The first-order chi connectivity index (χ1) is 8.63. The molecule has 3 nitrogen and oxygen atoms in total. The molecule has 0 saturated heterocycles. The number of nitrogens with zero attached hydrogens (tertiary/aromatic N) is 1. The van der Waals surface area contributed by atoms with Gasteiger partial charge in [0, 0.05) is 17.8 Å². The monoisotopic (exact) mass is 265 g/mol. The van der Waals surface area contributed by atoms with Gasteiger partial charge in [0.1, 0.15) is 0 Å². The van der Waals surface area contributed by atoms with Crippen molar-refractivity contribution in [3.8, 4) is 0 Å². The molecule has 0 N–H and O–H groups in total. The zero-order valence-corrected chi connectivity index (χ0v) is 11.3. The van der Waals surface area contributed by atoms with E-state index in [1.807, 2.05) is 26.0 Å². The largest absolute Gasteiger partial charge is 0.312 e. The van der Waals surface area contributed by atoms with Crippen LogP contribution in [0.4, 0.5) is 5.69 Å². The molecule has 0 aliphatic carbocycles. The Labute approximate surface area is 112 Å². The number of rotatable bonds is 4. The van der Waals surface area contributed by atoms with Gasteiger partial charge in [0.2, 0.25) is 5.91 Å². The first-order valence-electron chi connectivity index (χ1n) is 6.18. The molecular weight excluding hydrogens is 250 g/mol. The molecule has 1 aliphatic rings. The van der Waals surface area contributed by atoms with Gasteiger partial charge in [-0.1, -0.05) is 6.92 Å². The Morgan fingerprint density at radius 1 is 1.39 bits per heavy atom. The maximum absolute atomic E-state index is 12.2. The van der Waals surface area contributed by atoms with Gasteiger partial charge >= 0.3 is 0 Å². The molecule has 1 aromatic rings. The highest BCUT2D eigenvalue weighted by Crippen LogP contribution is 2.39. The summed E-state index contributed by atoms with van der Waals surface area (Å²) < 4.78 is 0. The van der Waals surface area contributed by atoms with E-state index in [1.165, 1.54) is 0 Å². The maximum atomic E-state index is 12.2. The first-order valence-corrected chi connectivity index (χ1v) is 6.71. The van der Waals surface area contributed by atoms with E-state index in [0.717, 1.165) is 17.7 Å². The quantitative estimate of drug-likeness (QED) is 0.620. The van der Waals surface area contributed by atoms with Crippen LogP contribution in [0.1, 0.15) is 42.1 Å². The summed E-state index contributed by atoms with van der Waals surface area (Å²) in [4.78, 5) is 25.6. The molecule has 2 rings (SSSR count). The van der Waals surface area contributed by atoms with E-state index in [1.54, 1.807) is 11.0 Å². The summed E-state index contributed by atoms with van der Waals surface area (Å²) in [5.74, 6) is -0.119. The fourth-order valence-electron chi connectivity index (χ4n) is 2.49. The first kappa shape index (κ1) is 13.1. The zero-order chi connectivity index (χ0) is 13.3. The van der Waals surface area contributed by atoms with Crippen molar-refractivity contribution in [1.82, 2.24) is 0 Å². The van der Waals surface area contributed by atoms with Gasteiger partial charge in [-0.3, -0.25) is 9.59 Å². The number of carbonyl (C=O) groups excluding carboxylic acids is 2. The van der Waals surface area contributed by atoms with Crippen molar-refractivity contribution in [2.75, 3.05) is 17.3 Å². The number of fused-ring (bicyclic) bond motifs is 1. The highest BCUT2D eigenvalue weighted by molar-refractivity contribution is 6.30. The zero-order valence-electron chi connectivity index (χ0n) is 10.6. The maximum Gasteiger partial charge on any atom is 0.234 e. The van der Waals surface area contributed by atoms with E-state index >= 15 is 0 Å². The van der Waals surface area contributed by atoms with E-state index in [0.29, 0.717) is 12.1 Å². The molecule has 0 aromatic heterocycles. The Morgan fingerprint density at radius 2 is 2.11 bits per heavy atom. The van der Waals surface area contributed by atoms with Gasteiger partial charge < -0.3 is 4.90 Å². The van der Waals surface area contributed by atoms with E-state index in [4.69, 9.17) is 11.6 Å². The van der Waals surface area contributed by atoms with Crippen molar-refractivity contribution < 1.29 is 9.59 Å². The molecule has 1 amide bonds. The van der Waals surface area contributed by atoms with Crippen LogP contribution in [-0.4, -0.2) is 24.1 Å². The number of alkyl halides is 1. The average Bonchev–Trinajstić information content (AvgIpc) is 2.67. The Bertz CT molecular complexity index is 499. The molecule has 0 bridgehead atoms. The van der Waals surface area contributed by atoms with Gasteiger partial charge in [0.25, 0.3) is 0 Å². The second-order valence-electron chi connectivity index (χ2n) is 4.37. The lowest BCUT2D eigenvalue weighted by molar-refractivity contribution is -0.119. The Kier molecular flexibility index (Phi) is 3.71. The van der Waals surface area contributed by atoms with Crippen molar-refractivity contribution >= 4 is 29.0 Å². The number of hydrogen-bond donors (Lipinski definition) is 0. The van der Waals surface area contributed by atoms with Gasteiger partial charge in [-0.2, -0.15) is 0 Å². The molecule has 1 aromatic carbocycles. The number of likely N-dealkylation sites (N-methyl/N-ethyl adjacent to an activating group) is 1. The lowest BCUT2D eigenvalue weighted by Gasteiger charge is -2.14. The third-order valence-corrected chi connectivity index (χ3v) is 3.67. The molecule has 18 heavy (non-hydrogen) atoms. The van der Waals surface area contributed by atoms with Crippen molar-refractivity contribution in [3.63, 3.8) is 0 Å². The number of ketones is 1. The van der Waals surface area contributed by atoms with Crippen LogP contribution in [0.3, 0.4) is 0 Å². The van der Waals surface area contributed by atoms with Gasteiger partial charge in [-0.25, -0.2) is 0 Å². The summed E-state index contributed by atoms with van der Waals surface area (Å²) in [7, 11) is 0. The Morgan fingerprint density at radius 3 is 2.67 bits per heavy atom. The smallest absolute Gasteiger partial charge is 0.234 e. The lowest BCUT2D eigenvalue weighted by Crippen LogP contribution is -2.28. The number of hydrogen-bond acceptors (Lipinski definition) is 2. The van der Waals surface area contributed by atoms with Crippen molar-refractivity contribution in [2.24, 2.45) is 0 Å². The van der Waals surface area contributed by atoms with Gasteiger partial charge in [0.05, 0.1) is 11.8 Å². The van der Waals surface area contributed by atoms with Crippen LogP contribution in [0.5, 0.6) is 0 Å². The number of anilines is 1. The third-order valence-electron chi connectivity index (χ3n) is 3.43. The molecule has 1 aliphatic heterocycles. The summed E-state index contributed by atoms with van der Waals surface area (Å²) >= 11 is 5.57. The Hall–Kier alpha value is -1.35. The molecule has 1 unspecified atom stereocenters. The molecule has 1 atom stereocenters. The van der Waals surface area contributed by atoms with Crippen LogP contribution < -0.4 is 4.90 Å². The van der Waals surface area contributed by atoms with Crippen LogP contribution >= 0.6 is 11.6 Å². The van der Waals surface area contributed by atoms with Crippen LogP contribution in [-0.2, 0) is 4.79 Å². The predicted octanol–water partition coefficient (Wildman–Crippen LogP) is 2.97. The SMILES string of the molecule is CCC1C(=O)N(CC)c2ccc(C(=O)CCl)cc21. The van der Waals surface area contributed by atoms with Crippen molar-refractivity contribution in [1.29, 1.82) is 0 Å². The standard InChI is InChI=1S/C14H16ClNO2/c1-3-10-11-7-9(13(17)8-15)5-6-12(11)16(4-2)14(10)18/h5-7,10H,3-4,8H2,1-2H3. The highest BCUT2D eigenvalue weighted by Gasteiger charge is 2.35. The molecule has 0 spiro atoms. The number of halogens is 1. The molecule has 96 valence electrons. The molecule has 4 heteroatoms. The third kappa shape index (κ3) is 1.93. The average molecular weight is 266 g/mol. The second kappa shape index (κ2) is 5.11. The highest BCUT2D eigenvalue weighted by atomic mass is 35.5. The molecular formula is C14H16ClNO2. The van der Waals surface area contributed by atoms with E-state index in [9.17, 15) is 9.59 Å². The normalized spacial score (nSPS) is 18.1. The van der Waals surface area contributed by atoms with Crippen LogP contribution in [0.2, 0.25) is 0 Å². The minimum Gasteiger partial charge on any atom is -0.312 e. The molecule has 1 heterocycles. The van der Waals surface area contributed by atoms with E-state index < -0.39 is 0 Å². The number of benzene rings is 1. The number of carbonyl (C=O) groups is 2. The Balaban J connectivity index is 2.49. The summed E-state index contributed by atoms with van der Waals surface area (Å²) in [6, 6.07) is 5.42. The number of amides is 1. The van der Waals surface area contributed by atoms with E-state index in [-0.39, 0.29) is 23.5 Å². The van der Waals surface area contributed by atoms with Gasteiger partial charge in [-0.05, 0) is 37.1 Å². The molecule has 0 saturated carbocycles. The molecule has 0 radical (unpaired) electrons. The van der Waals surface area contributed by atoms with Gasteiger partial charge in [0.15, 0.2) is 5.78 Å². The number of Topliss-reactive ketones (excluding diaryl/α,β-unsaturated/α-hetero) is 1. The summed E-state index contributed by atoms with van der Waals surface area (Å²) in [6.07, 6.45) is 0.751. The van der Waals surface area contributed by atoms with Crippen LogP contribution in [0.25, 0.3) is 0 Å².